The lowest BCUT2D eigenvalue weighted by Crippen LogP contribution is -2.47. The Balaban J connectivity index is 1.53. The summed E-state index contributed by atoms with van der Waals surface area (Å²) < 4.78 is 10.9. The highest BCUT2D eigenvalue weighted by atomic mass is 16.5. The maximum Gasteiger partial charge on any atom is 0.330 e. The molecule has 3 heterocycles. The third kappa shape index (κ3) is 5.60. The second-order valence-electron chi connectivity index (χ2n) is 9.06. The zero-order valence-corrected chi connectivity index (χ0v) is 22.2. The standard InChI is InChI=1S/C30H28N6O4/c1-4-24(37)12-21-9-5-6-10-27(21)33-29-32-17-22-19-35(23-13-25(39-2)15-26(14-23)40-3)30(38)36(28(22)34-29)18-20-8-7-11-31-16-20/h4-11,13-17H,1,12,18-19H2,2-3H3,(H,32,33,34). The number of fused-ring (bicyclic) bond motifs is 1. The zero-order chi connectivity index (χ0) is 28.1. The summed E-state index contributed by atoms with van der Waals surface area (Å²) in [5.41, 5.74) is 3.70. The van der Waals surface area contributed by atoms with Gasteiger partial charge in [-0.1, -0.05) is 30.8 Å². The minimum atomic E-state index is -0.270. The first-order chi connectivity index (χ1) is 19.5. The van der Waals surface area contributed by atoms with E-state index in [9.17, 15) is 9.59 Å². The van der Waals surface area contributed by atoms with Gasteiger partial charge in [0.05, 0.1) is 33.0 Å². The maximum atomic E-state index is 14.0. The Kier molecular flexibility index (Phi) is 7.68. The van der Waals surface area contributed by atoms with E-state index >= 15 is 0 Å². The molecule has 10 heteroatoms. The molecule has 10 nitrogen and oxygen atoms in total. The number of carbonyl (C=O) groups is 2. The van der Waals surface area contributed by atoms with Crippen molar-refractivity contribution in [1.82, 2.24) is 15.0 Å². The molecule has 202 valence electrons. The van der Waals surface area contributed by atoms with E-state index < -0.39 is 0 Å². The molecular formula is C30H28N6O4. The van der Waals surface area contributed by atoms with Crippen LogP contribution in [0.4, 0.5) is 27.9 Å². The van der Waals surface area contributed by atoms with E-state index in [1.807, 2.05) is 36.4 Å². The van der Waals surface area contributed by atoms with Gasteiger partial charge in [-0.05, 0) is 29.3 Å². The molecule has 0 atom stereocenters. The quantitative estimate of drug-likeness (QED) is 0.280. The van der Waals surface area contributed by atoms with Crippen molar-refractivity contribution >= 4 is 35.0 Å². The number of methoxy groups -OCH3 is 2. The van der Waals surface area contributed by atoms with E-state index in [1.165, 1.54) is 6.08 Å². The van der Waals surface area contributed by atoms with Gasteiger partial charge in [-0.2, -0.15) is 4.98 Å². The summed E-state index contributed by atoms with van der Waals surface area (Å²) in [7, 11) is 3.13. The molecule has 1 aliphatic rings. The fourth-order valence-electron chi connectivity index (χ4n) is 4.42. The number of carbonyl (C=O) groups excluding carboxylic acids is 2. The summed E-state index contributed by atoms with van der Waals surface area (Å²) in [5, 5.41) is 3.22. The Morgan fingerprint density at radius 1 is 1.07 bits per heavy atom. The van der Waals surface area contributed by atoms with Crippen molar-refractivity contribution in [1.29, 1.82) is 0 Å². The lowest BCUT2D eigenvalue weighted by atomic mass is 10.1. The fraction of sp³-hybridized carbons (Fsp3) is 0.167. The van der Waals surface area contributed by atoms with Crippen LogP contribution in [-0.2, 0) is 24.3 Å². The van der Waals surface area contributed by atoms with Gasteiger partial charge in [-0.15, -0.1) is 0 Å². The first-order valence-corrected chi connectivity index (χ1v) is 12.6. The molecule has 2 aromatic carbocycles. The molecule has 4 aromatic rings. The number of rotatable bonds is 10. The van der Waals surface area contributed by atoms with Gasteiger partial charge in [-0.25, -0.2) is 9.78 Å². The number of ketones is 1. The number of amides is 2. The fourth-order valence-corrected chi connectivity index (χ4v) is 4.42. The van der Waals surface area contributed by atoms with Crippen molar-refractivity contribution < 1.29 is 19.1 Å². The van der Waals surface area contributed by atoms with Gasteiger partial charge in [0.25, 0.3) is 0 Å². The summed E-state index contributed by atoms with van der Waals surface area (Å²) in [6.07, 6.45) is 6.60. The van der Waals surface area contributed by atoms with Crippen LogP contribution in [0.25, 0.3) is 0 Å². The summed E-state index contributed by atoms with van der Waals surface area (Å²) >= 11 is 0. The minimum Gasteiger partial charge on any atom is -0.497 e. The van der Waals surface area contributed by atoms with Gasteiger partial charge < -0.3 is 14.8 Å². The van der Waals surface area contributed by atoms with E-state index in [1.54, 1.807) is 60.8 Å². The molecule has 0 unspecified atom stereocenters. The van der Waals surface area contributed by atoms with Gasteiger partial charge in [0.2, 0.25) is 5.95 Å². The number of hydrogen-bond donors (Lipinski definition) is 1. The van der Waals surface area contributed by atoms with Crippen LogP contribution in [0.1, 0.15) is 16.7 Å². The van der Waals surface area contributed by atoms with Crippen molar-refractivity contribution in [3.05, 3.63) is 103 Å². The number of pyridine rings is 1. The van der Waals surface area contributed by atoms with Crippen molar-refractivity contribution in [3.63, 3.8) is 0 Å². The maximum absolute atomic E-state index is 14.0. The van der Waals surface area contributed by atoms with E-state index in [0.29, 0.717) is 34.6 Å². The summed E-state index contributed by atoms with van der Waals surface area (Å²) in [5.74, 6) is 1.82. The Morgan fingerprint density at radius 2 is 1.85 bits per heavy atom. The smallest absolute Gasteiger partial charge is 0.330 e. The number of allylic oxidation sites excluding steroid dienone is 1. The Labute approximate surface area is 231 Å². The Hall–Kier alpha value is -5.25. The molecule has 0 saturated heterocycles. The SMILES string of the molecule is C=CC(=O)Cc1ccccc1Nc1ncc2c(n1)N(Cc1cccnc1)C(=O)N(c1cc(OC)cc(OC)c1)C2. The highest BCUT2D eigenvalue weighted by molar-refractivity contribution is 6.05. The molecule has 0 bridgehead atoms. The molecule has 1 aliphatic heterocycles. The van der Waals surface area contributed by atoms with E-state index in [4.69, 9.17) is 14.5 Å². The van der Waals surface area contributed by atoms with Crippen LogP contribution >= 0.6 is 0 Å². The molecule has 0 spiro atoms. The van der Waals surface area contributed by atoms with Crippen LogP contribution in [0.5, 0.6) is 11.5 Å². The van der Waals surface area contributed by atoms with E-state index in [-0.39, 0.29) is 31.3 Å². The second kappa shape index (κ2) is 11.6. The molecule has 2 aromatic heterocycles. The van der Waals surface area contributed by atoms with E-state index in [2.05, 4.69) is 21.9 Å². The average Bonchev–Trinajstić information content (AvgIpc) is 2.99. The second-order valence-corrected chi connectivity index (χ2v) is 9.06. The molecule has 40 heavy (non-hydrogen) atoms. The molecule has 0 aliphatic carbocycles. The third-order valence-electron chi connectivity index (χ3n) is 6.46. The molecule has 0 saturated carbocycles. The summed E-state index contributed by atoms with van der Waals surface area (Å²) in [4.78, 5) is 42.7. The topological polar surface area (TPSA) is 110 Å². The Morgan fingerprint density at radius 3 is 2.55 bits per heavy atom. The van der Waals surface area contributed by atoms with Crippen molar-refractivity contribution in [2.45, 2.75) is 19.5 Å². The summed E-state index contributed by atoms with van der Waals surface area (Å²) in [6.45, 7) is 4.06. The van der Waals surface area contributed by atoms with Gasteiger partial charge in [-0.3, -0.25) is 19.6 Å². The average molecular weight is 537 g/mol. The molecule has 2 amide bonds. The Bertz CT molecular complexity index is 1540. The number of ether oxygens (including phenoxy) is 2. The van der Waals surface area contributed by atoms with Crippen molar-refractivity contribution in [2.75, 3.05) is 29.3 Å². The lowest BCUT2D eigenvalue weighted by Gasteiger charge is -2.36. The highest BCUT2D eigenvalue weighted by Gasteiger charge is 2.34. The molecular weight excluding hydrogens is 508 g/mol. The van der Waals surface area contributed by atoms with Crippen LogP contribution < -0.4 is 24.6 Å². The van der Waals surface area contributed by atoms with Crippen LogP contribution in [0, 0.1) is 0 Å². The number of benzene rings is 2. The van der Waals surface area contributed by atoms with Gasteiger partial charge in [0.1, 0.15) is 17.3 Å². The number of para-hydroxylation sites is 1. The van der Waals surface area contributed by atoms with Gasteiger partial charge >= 0.3 is 6.03 Å². The number of aromatic nitrogens is 3. The minimum absolute atomic E-state index is 0.0943. The van der Waals surface area contributed by atoms with Crippen LogP contribution in [0.3, 0.4) is 0 Å². The summed E-state index contributed by atoms with van der Waals surface area (Å²) in [6, 6.07) is 16.2. The molecule has 1 N–H and O–H groups in total. The lowest BCUT2D eigenvalue weighted by molar-refractivity contribution is -0.114. The third-order valence-corrected chi connectivity index (χ3v) is 6.46. The van der Waals surface area contributed by atoms with Crippen LogP contribution in [-0.4, -0.2) is 41.0 Å². The molecule has 5 rings (SSSR count). The first-order valence-electron chi connectivity index (χ1n) is 12.6. The van der Waals surface area contributed by atoms with Crippen molar-refractivity contribution in [3.8, 4) is 11.5 Å². The van der Waals surface area contributed by atoms with Crippen LogP contribution in [0.15, 0.2) is 85.8 Å². The number of nitrogens with zero attached hydrogens (tertiary/aromatic N) is 5. The predicted molar refractivity (Wildman–Crippen MR) is 152 cm³/mol. The zero-order valence-electron chi connectivity index (χ0n) is 22.2. The van der Waals surface area contributed by atoms with Crippen molar-refractivity contribution in [2.24, 2.45) is 0 Å². The van der Waals surface area contributed by atoms with Gasteiger partial charge in [0, 0.05) is 54.5 Å². The van der Waals surface area contributed by atoms with Gasteiger partial charge in [0.15, 0.2) is 5.78 Å². The highest BCUT2D eigenvalue weighted by Crippen LogP contribution is 2.36. The normalized spacial score (nSPS) is 12.5. The monoisotopic (exact) mass is 536 g/mol. The van der Waals surface area contributed by atoms with Crippen LogP contribution in [0.2, 0.25) is 0 Å². The molecule has 0 radical (unpaired) electrons. The number of anilines is 4. The number of urea groups is 1. The number of nitrogens with one attached hydrogen (secondary N) is 1. The predicted octanol–water partition coefficient (Wildman–Crippen LogP) is 5.08. The molecule has 0 fully saturated rings. The first kappa shape index (κ1) is 26.4. The number of hydrogen-bond acceptors (Lipinski definition) is 8. The largest absolute Gasteiger partial charge is 0.497 e. The van der Waals surface area contributed by atoms with E-state index in [0.717, 1.165) is 16.7 Å².